The third kappa shape index (κ3) is 1.92. The molecule has 1 aliphatic heterocycles. The molecule has 4 nitrogen and oxygen atoms in total. The first-order chi connectivity index (χ1) is 10.2. The number of rotatable bonds is 3. The van der Waals surface area contributed by atoms with Gasteiger partial charge in [-0.1, -0.05) is 30.9 Å². The lowest BCUT2D eigenvalue weighted by molar-refractivity contribution is 0.106. The van der Waals surface area contributed by atoms with Crippen LogP contribution in [0, 0.1) is 0 Å². The Morgan fingerprint density at radius 2 is 2.10 bits per heavy atom. The van der Waals surface area contributed by atoms with Gasteiger partial charge in [-0.25, -0.2) is 4.99 Å². The molecule has 1 aromatic carbocycles. The Morgan fingerprint density at radius 3 is 2.76 bits per heavy atom. The Labute approximate surface area is 122 Å². The number of nitrogens with zero attached hydrogens (tertiary/aromatic N) is 1. The molecule has 4 heteroatoms. The highest BCUT2D eigenvalue weighted by atomic mass is 16.3. The molecule has 0 unspecified atom stereocenters. The zero-order chi connectivity index (χ0) is 15.0. The number of hydrogen-bond acceptors (Lipinski definition) is 3. The number of carbonyl (C=O) groups excluding carboxylic acids is 1. The average Bonchev–Trinajstić information content (AvgIpc) is 2.99. The summed E-state index contributed by atoms with van der Waals surface area (Å²) in [5, 5.41) is 10.4. The summed E-state index contributed by atoms with van der Waals surface area (Å²) in [5.74, 6) is -0.173. The van der Waals surface area contributed by atoms with E-state index in [-0.39, 0.29) is 17.2 Å². The number of aromatic amines is 1. The van der Waals surface area contributed by atoms with E-state index < -0.39 is 0 Å². The quantitative estimate of drug-likeness (QED) is 0.898. The van der Waals surface area contributed by atoms with E-state index in [1.54, 1.807) is 30.4 Å². The summed E-state index contributed by atoms with van der Waals surface area (Å²) in [7, 11) is 0. The third-order valence-corrected chi connectivity index (χ3v) is 3.41. The molecule has 0 spiro atoms. The largest absolute Gasteiger partial charge is 0.505 e. The Kier molecular flexibility index (Phi) is 3.06. The lowest BCUT2D eigenvalue weighted by Gasteiger charge is -1.97. The van der Waals surface area contributed by atoms with Crippen LogP contribution in [0.2, 0.25) is 0 Å². The lowest BCUT2D eigenvalue weighted by Crippen LogP contribution is -2.11. The molecule has 0 amide bonds. The number of aromatic nitrogens is 1. The number of hydrogen-bond donors (Lipinski definition) is 2. The molecular formula is C17H14N2O2. The molecule has 0 saturated heterocycles. The Morgan fingerprint density at radius 1 is 1.33 bits per heavy atom. The summed E-state index contributed by atoms with van der Waals surface area (Å²) in [6.45, 7) is 5.57. The van der Waals surface area contributed by atoms with Crippen molar-refractivity contribution in [1.29, 1.82) is 0 Å². The highest BCUT2D eigenvalue weighted by molar-refractivity contribution is 6.55. The highest BCUT2D eigenvalue weighted by Gasteiger charge is 2.29. The second-order valence-electron chi connectivity index (χ2n) is 4.69. The average molecular weight is 278 g/mol. The normalized spacial score (nSPS) is 13.6. The second-order valence-corrected chi connectivity index (χ2v) is 4.69. The van der Waals surface area contributed by atoms with Crippen molar-refractivity contribution >= 4 is 29.3 Å². The van der Waals surface area contributed by atoms with Gasteiger partial charge in [-0.2, -0.15) is 0 Å². The van der Waals surface area contributed by atoms with E-state index in [9.17, 15) is 9.90 Å². The highest BCUT2D eigenvalue weighted by Crippen LogP contribution is 2.34. The molecule has 2 heterocycles. The van der Waals surface area contributed by atoms with Crippen LogP contribution in [-0.4, -0.2) is 21.6 Å². The predicted molar refractivity (Wildman–Crippen MR) is 84.2 cm³/mol. The van der Waals surface area contributed by atoms with E-state index in [4.69, 9.17) is 0 Å². The van der Waals surface area contributed by atoms with Crippen LogP contribution in [0.25, 0.3) is 12.2 Å². The number of ketones is 1. The van der Waals surface area contributed by atoms with Crippen LogP contribution in [0.3, 0.4) is 0 Å². The van der Waals surface area contributed by atoms with Crippen molar-refractivity contribution in [2.75, 3.05) is 0 Å². The molecule has 2 aromatic rings. The van der Waals surface area contributed by atoms with Crippen LogP contribution >= 0.6 is 0 Å². The van der Waals surface area contributed by atoms with E-state index in [0.717, 1.165) is 0 Å². The Balaban J connectivity index is 2.16. The number of benzene rings is 1. The number of aliphatic imine (C=N–C) groups is 1. The van der Waals surface area contributed by atoms with Crippen molar-refractivity contribution in [1.82, 2.24) is 4.98 Å². The maximum atomic E-state index is 12.4. The van der Waals surface area contributed by atoms with Crippen LogP contribution in [0.4, 0.5) is 5.69 Å². The van der Waals surface area contributed by atoms with Crippen molar-refractivity contribution in [2.45, 2.75) is 6.92 Å². The molecule has 0 aliphatic carbocycles. The number of allylic oxidation sites excluding steroid dienone is 1. The maximum absolute atomic E-state index is 12.4. The van der Waals surface area contributed by atoms with E-state index in [1.165, 1.54) is 0 Å². The molecule has 0 saturated carbocycles. The zero-order valence-corrected chi connectivity index (χ0v) is 11.6. The summed E-state index contributed by atoms with van der Waals surface area (Å²) < 4.78 is 0. The summed E-state index contributed by atoms with van der Waals surface area (Å²) in [6.07, 6.45) is 5.18. The number of para-hydroxylation sites is 1. The summed E-state index contributed by atoms with van der Waals surface area (Å²) in [5.41, 5.74) is 3.00. The summed E-state index contributed by atoms with van der Waals surface area (Å²) >= 11 is 0. The number of aromatic hydroxyl groups is 1. The van der Waals surface area contributed by atoms with Gasteiger partial charge < -0.3 is 10.1 Å². The third-order valence-electron chi connectivity index (χ3n) is 3.41. The van der Waals surface area contributed by atoms with Crippen molar-refractivity contribution < 1.29 is 9.90 Å². The van der Waals surface area contributed by atoms with Crippen LogP contribution in [0.1, 0.15) is 34.2 Å². The fraction of sp³-hybridized carbons (Fsp3) is 0.0588. The molecule has 1 aliphatic rings. The van der Waals surface area contributed by atoms with E-state index >= 15 is 0 Å². The van der Waals surface area contributed by atoms with Crippen molar-refractivity contribution in [3.63, 3.8) is 0 Å². The molecule has 1 aromatic heterocycles. The van der Waals surface area contributed by atoms with Gasteiger partial charge in [0.2, 0.25) is 5.78 Å². The maximum Gasteiger partial charge on any atom is 0.215 e. The van der Waals surface area contributed by atoms with Gasteiger partial charge in [0.1, 0.15) is 11.4 Å². The molecule has 104 valence electrons. The van der Waals surface area contributed by atoms with Crippen LogP contribution in [0.5, 0.6) is 5.75 Å². The summed E-state index contributed by atoms with van der Waals surface area (Å²) in [6, 6.07) is 7.13. The Bertz CT molecular complexity index is 810. The molecule has 2 N–H and O–H groups in total. The SMILES string of the molecule is C=Cc1[nH]c(C2=Nc3ccccc3C2=O)c(O)c1/C=C\C. The first-order valence-corrected chi connectivity index (χ1v) is 6.60. The summed E-state index contributed by atoms with van der Waals surface area (Å²) in [4.78, 5) is 19.8. The fourth-order valence-electron chi connectivity index (χ4n) is 2.42. The van der Waals surface area contributed by atoms with Gasteiger partial charge in [-0.15, -0.1) is 0 Å². The molecular weight excluding hydrogens is 264 g/mol. The number of H-pyrrole nitrogens is 1. The fourth-order valence-corrected chi connectivity index (χ4v) is 2.42. The number of Topliss-reactive ketones (excluding diaryl/α,β-unsaturated/α-hetero) is 1. The molecule has 0 bridgehead atoms. The zero-order valence-electron chi connectivity index (χ0n) is 11.6. The minimum Gasteiger partial charge on any atom is -0.505 e. The minimum atomic E-state index is -0.190. The van der Waals surface area contributed by atoms with Gasteiger partial charge in [0.15, 0.2) is 5.75 Å². The van der Waals surface area contributed by atoms with Gasteiger partial charge in [-0.3, -0.25) is 4.79 Å². The monoisotopic (exact) mass is 278 g/mol. The molecule has 0 fully saturated rings. The van der Waals surface area contributed by atoms with Gasteiger partial charge in [0, 0.05) is 16.8 Å². The molecule has 0 radical (unpaired) electrons. The van der Waals surface area contributed by atoms with E-state index in [2.05, 4.69) is 16.6 Å². The first kappa shape index (κ1) is 13.1. The van der Waals surface area contributed by atoms with Crippen molar-refractivity contribution in [2.24, 2.45) is 4.99 Å². The number of carbonyl (C=O) groups is 1. The van der Waals surface area contributed by atoms with Gasteiger partial charge in [0.25, 0.3) is 0 Å². The van der Waals surface area contributed by atoms with Crippen molar-refractivity contribution in [3.8, 4) is 5.75 Å². The topological polar surface area (TPSA) is 65.5 Å². The second kappa shape index (κ2) is 4.90. The first-order valence-electron chi connectivity index (χ1n) is 6.60. The standard InChI is InChI=1S/C17H14N2O2/c1-3-7-10-12(4-2)18-14(16(10)20)15-17(21)11-8-5-6-9-13(11)19-15/h3-9,18,20H,2H2,1H3/b7-3-. The lowest BCUT2D eigenvalue weighted by atomic mass is 10.1. The van der Waals surface area contributed by atoms with Gasteiger partial charge in [-0.05, 0) is 25.1 Å². The van der Waals surface area contributed by atoms with Gasteiger partial charge in [0.05, 0.1) is 5.69 Å². The van der Waals surface area contributed by atoms with Crippen molar-refractivity contribution in [3.05, 3.63) is 59.4 Å². The van der Waals surface area contributed by atoms with E-state index in [1.807, 2.05) is 19.1 Å². The minimum absolute atomic E-state index is 0.0166. The van der Waals surface area contributed by atoms with Crippen LogP contribution < -0.4 is 0 Å². The van der Waals surface area contributed by atoms with Crippen LogP contribution in [-0.2, 0) is 0 Å². The Hall–Kier alpha value is -2.88. The number of fused-ring (bicyclic) bond motifs is 1. The predicted octanol–water partition coefficient (Wildman–Crippen LogP) is 3.71. The molecule has 0 atom stereocenters. The van der Waals surface area contributed by atoms with E-state index in [0.29, 0.717) is 28.2 Å². The van der Waals surface area contributed by atoms with Crippen LogP contribution in [0.15, 0.2) is 41.9 Å². The molecule has 3 rings (SSSR count). The number of nitrogens with one attached hydrogen (secondary N) is 1. The molecule has 21 heavy (non-hydrogen) atoms. The smallest absolute Gasteiger partial charge is 0.215 e. The van der Waals surface area contributed by atoms with Gasteiger partial charge >= 0.3 is 0 Å².